The van der Waals surface area contributed by atoms with Crippen LogP contribution in [-0.2, 0) is 4.74 Å². The van der Waals surface area contributed by atoms with Crippen LogP contribution in [0.15, 0.2) is 24.1 Å². The maximum atomic E-state index is 5.71. The molecule has 98 valence electrons. The van der Waals surface area contributed by atoms with Crippen LogP contribution in [0.25, 0.3) is 0 Å². The molecule has 0 saturated carbocycles. The topological polar surface area (TPSA) is 34.1 Å². The number of pyridine rings is 1. The van der Waals surface area contributed by atoms with Gasteiger partial charge in [-0.1, -0.05) is 13.0 Å². The summed E-state index contributed by atoms with van der Waals surface area (Å²) in [6.45, 7) is 8.13. The minimum atomic E-state index is 0.105. The Morgan fingerprint density at radius 1 is 1.44 bits per heavy atom. The summed E-state index contributed by atoms with van der Waals surface area (Å²) in [5.74, 6) is 1.03. The van der Waals surface area contributed by atoms with Crippen LogP contribution in [0.1, 0.15) is 42.6 Å². The minimum absolute atomic E-state index is 0.105. The van der Waals surface area contributed by atoms with Crippen LogP contribution in [0.5, 0.6) is 0 Å². The van der Waals surface area contributed by atoms with Gasteiger partial charge in [0.25, 0.3) is 0 Å². The molecule has 1 unspecified atom stereocenters. The van der Waals surface area contributed by atoms with E-state index in [-0.39, 0.29) is 6.04 Å². The molecule has 0 amide bonds. The van der Waals surface area contributed by atoms with Crippen molar-refractivity contribution in [2.75, 3.05) is 13.2 Å². The molecule has 3 nitrogen and oxygen atoms in total. The lowest BCUT2D eigenvalue weighted by atomic mass is 10.0. The summed E-state index contributed by atoms with van der Waals surface area (Å²) < 4.78 is 5.71. The minimum Gasteiger partial charge on any atom is -0.496 e. The number of rotatable bonds is 5. The van der Waals surface area contributed by atoms with Crippen molar-refractivity contribution in [3.8, 4) is 0 Å². The van der Waals surface area contributed by atoms with Crippen LogP contribution in [0.4, 0.5) is 0 Å². The molecule has 0 bridgehead atoms. The van der Waals surface area contributed by atoms with Crippen molar-refractivity contribution in [3.05, 3.63) is 40.9 Å². The lowest BCUT2D eigenvalue weighted by Gasteiger charge is -2.21. The van der Waals surface area contributed by atoms with E-state index in [0.29, 0.717) is 0 Å². The third-order valence-electron chi connectivity index (χ3n) is 3.14. The first-order valence-corrected chi connectivity index (χ1v) is 6.71. The van der Waals surface area contributed by atoms with Gasteiger partial charge in [-0.05, 0) is 44.0 Å². The van der Waals surface area contributed by atoms with Crippen molar-refractivity contribution >= 4 is 0 Å². The molecule has 1 aromatic heterocycles. The monoisotopic (exact) mass is 246 g/mol. The standard InChI is InChI=1S/C15H22N2O/c1-4-7-16-15(13-6-5-8-18-13)14-12(3)9-11(2)10-17-14/h6,9-10,15-16H,4-5,7-8H2,1-3H3. The number of hydrogen-bond acceptors (Lipinski definition) is 3. The lowest BCUT2D eigenvalue weighted by Crippen LogP contribution is -2.26. The van der Waals surface area contributed by atoms with E-state index in [4.69, 9.17) is 4.74 Å². The molecule has 3 heteroatoms. The van der Waals surface area contributed by atoms with E-state index in [2.05, 4.69) is 43.2 Å². The highest BCUT2D eigenvalue weighted by atomic mass is 16.5. The Morgan fingerprint density at radius 2 is 2.28 bits per heavy atom. The third-order valence-corrected chi connectivity index (χ3v) is 3.14. The zero-order valence-electron chi connectivity index (χ0n) is 11.5. The normalized spacial score (nSPS) is 16.3. The highest BCUT2D eigenvalue weighted by molar-refractivity contribution is 5.30. The van der Waals surface area contributed by atoms with E-state index < -0.39 is 0 Å². The van der Waals surface area contributed by atoms with Gasteiger partial charge in [0.05, 0.1) is 12.3 Å². The number of nitrogens with one attached hydrogen (secondary N) is 1. The number of hydrogen-bond donors (Lipinski definition) is 1. The van der Waals surface area contributed by atoms with E-state index in [1.165, 1.54) is 11.1 Å². The highest BCUT2D eigenvalue weighted by Crippen LogP contribution is 2.27. The summed E-state index contributed by atoms with van der Waals surface area (Å²) in [5.41, 5.74) is 3.51. The zero-order valence-corrected chi connectivity index (χ0v) is 11.5. The molecule has 2 heterocycles. The van der Waals surface area contributed by atoms with Gasteiger partial charge >= 0.3 is 0 Å². The maximum absolute atomic E-state index is 5.71. The van der Waals surface area contributed by atoms with Crippen molar-refractivity contribution in [3.63, 3.8) is 0 Å². The first-order valence-electron chi connectivity index (χ1n) is 6.71. The molecule has 1 aliphatic heterocycles. The molecule has 0 spiro atoms. The molecule has 1 aromatic rings. The first kappa shape index (κ1) is 13.1. The van der Waals surface area contributed by atoms with Crippen LogP contribution in [0, 0.1) is 13.8 Å². The van der Waals surface area contributed by atoms with Crippen LogP contribution < -0.4 is 5.32 Å². The second-order valence-corrected chi connectivity index (χ2v) is 4.85. The number of aromatic nitrogens is 1. The van der Waals surface area contributed by atoms with Crippen LogP contribution in [0.3, 0.4) is 0 Å². The van der Waals surface area contributed by atoms with E-state index in [0.717, 1.165) is 37.4 Å². The second kappa shape index (κ2) is 6.01. The summed E-state index contributed by atoms with van der Waals surface area (Å²) >= 11 is 0. The Kier molecular flexibility index (Phi) is 4.37. The molecule has 1 aliphatic rings. The van der Waals surface area contributed by atoms with E-state index in [1.54, 1.807) is 0 Å². The van der Waals surface area contributed by atoms with Crippen LogP contribution in [0.2, 0.25) is 0 Å². The molecule has 18 heavy (non-hydrogen) atoms. The van der Waals surface area contributed by atoms with Gasteiger partial charge in [0.2, 0.25) is 0 Å². The predicted molar refractivity (Wildman–Crippen MR) is 73.4 cm³/mol. The molecule has 0 aliphatic carbocycles. The fourth-order valence-electron chi connectivity index (χ4n) is 2.29. The molecule has 0 saturated heterocycles. The van der Waals surface area contributed by atoms with Crippen molar-refractivity contribution in [1.82, 2.24) is 10.3 Å². The van der Waals surface area contributed by atoms with Gasteiger partial charge < -0.3 is 10.1 Å². The quantitative estimate of drug-likeness (QED) is 0.867. The SMILES string of the molecule is CCCNC(C1=CCCO1)c1ncc(C)cc1C. The summed E-state index contributed by atoms with van der Waals surface area (Å²) in [4.78, 5) is 4.59. The smallest absolute Gasteiger partial charge is 0.115 e. The van der Waals surface area contributed by atoms with Crippen LogP contribution in [-0.4, -0.2) is 18.1 Å². The Labute approximate surface area is 109 Å². The molecular formula is C15H22N2O. The number of aryl methyl sites for hydroxylation is 2. The first-order chi connectivity index (χ1) is 8.72. The summed E-state index contributed by atoms with van der Waals surface area (Å²) in [5, 5.41) is 3.53. The number of nitrogens with zero attached hydrogens (tertiary/aromatic N) is 1. The summed E-state index contributed by atoms with van der Waals surface area (Å²) in [6.07, 6.45) is 6.21. The molecule has 0 radical (unpaired) electrons. The van der Waals surface area contributed by atoms with Gasteiger partial charge in [0.15, 0.2) is 0 Å². The summed E-state index contributed by atoms with van der Waals surface area (Å²) in [7, 11) is 0. The average Bonchev–Trinajstić information content (AvgIpc) is 2.85. The third kappa shape index (κ3) is 2.91. The maximum Gasteiger partial charge on any atom is 0.115 e. The number of ether oxygens (including phenoxy) is 1. The van der Waals surface area contributed by atoms with E-state index in [9.17, 15) is 0 Å². The largest absolute Gasteiger partial charge is 0.496 e. The Balaban J connectivity index is 2.26. The fourth-order valence-corrected chi connectivity index (χ4v) is 2.29. The van der Waals surface area contributed by atoms with E-state index in [1.807, 2.05) is 6.20 Å². The molecular weight excluding hydrogens is 224 g/mol. The Morgan fingerprint density at radius 3 is 2.89 bits per heavy atom. The van der Waals surface area contributed by atoms with Gasteiger partial charge in [0, 0.05) is 12.6 Å². The highest BCUT2D eigenvalue weighted by Gasteiger charge is 2.22. The second-order valence-electron chi connectivity index (χ2n) is 4.85. The zero-order chi connectivity index (χ0) is 13.0. The van der Waals surface area contributed by atoms with Crippen molar-refractivity contribution in [1.29, 1.82) is 0 Å². The molecule has 2 rings (SSSR count). The van der Waals surface area contributed by atoms with Crippen molar-refractivity contribution in [2.24, 2.45) is 0 Å². The van der Waals surface area contributed by atoms with Gasteiger partial charge in [-0.3, -0.25) is 4.98 Å². The van der Waals surface area contributed by atoms with Gasteiger partial charge in [-0.25, -0.2) is 0 Å². The Bertz CT molecular complexity index is 440. The molecule has 1 atom stereocenters. The van der Waals surface area contributed by atoms with Crippen LogP contribution >= 0.6 is 0 Å². The fraction of sp³-hybridized carbons (Fsp3) is 0.533. The predicted octanol–water partition coefficient (Wildman–Crippen LogP) is 3.04. The molecule has 0 fully saturated rings. The van der Waals surface area contributed by atoms with Gasteiger partial charge in [-0.2, -0.15) is 0 Å². The Hall–Kier alpha value is -1.35. The van der Waals surface area contributed by atoms with Crippen molar-refractivity contribution < 1.29 is 4.74 Å². The van der Waals surface area contributed by atoms with Crippen molar-refractivity contribution in [2.45, 2.75) is 39.7 Å². The lowest BCUT2D eigenvalue weighted by molar-refractivity contribution is 0.214. The summed E-state index contributed by atoms with van der Waals surface area (Å²) in [6, 6.07) is 2.28. The molecule has 0 aromatic carbocycles. The van der Waals surface area contributed by atoms with E-state index >= 15 is 0 Å². The van der Waals surface area contributed by atoms with Gasteiger partial charge in [-0.15, -0.1) is 0 Å². The molecule has 1 N–H and O–H groups in total. The van der Waals surface area contributed by atoms with Gasteiger partial charge in [0.1, 0.15) is 11.8 Å². The average molecular weight is 246 g/mol.